The van der Waals surface area contributed by atoms with Crippen LogP contribution >= 0.6 is 7.82 Å². The number of likely N-dealkylation sites (N-methyl/N-ethyl adjacent to an activating group) is 1. The summed E-state index contributed by atoms with van der Waals surface area (Å²) in [6, 6.07) is -0.860. The third-order valence-electron chi connectivity index (χ3n) is 13.5. The van der Waals surface area contributed by atoms with Crippen molar-refractivity contribution in [3.05, 3.63) is 48.6 Å². The highest BCUT2D eigenvalue weighted by Crippen LogP contribution is 2.43. The van der Waals surface area contributed by atoms with Crippen molar-refractivity contribution in [2.75, 3.05) is 40.9 Å². The Kier molecular flexibility index (Phi) is 51.2. The summed E-state index contributed by atoms with van der Waals surface area (Å²) in [6.45, 7) is 4.77. The first-order chi connectivity index (χ1) is 34.0. The molecule has 0 fully saturated rings. The maximum absolute atomic E-state index is 12.9. The number of phosphoric acid groups is 1. The summed E-state index contributed by atoms with van der Waals surface area (Å²) in [4.78, 5) is 23.2. The Bertz CT molecular complexity index is 1280. The van der Waals surface area contributed by atoms with E-state index in [9.17, 15) is 19.4 Å². The van der Waals surface area contributed by atoms with Crippen LogP contribution in [0.1, 0.15) is 284 Å². The first kappa shape index (κ1) is 68.5. The zero-order valence-corrected chi connectivity index (χ0v) is 47.9. The van der Waals surface area contributed by atoms with Gasteiger partial charge in [-0.3, -0.25) is 13.8 Å². The maximum Gasteiger partial charge on any atom is 0.472 e. The van der Waals surface area contributed by atoms with Crippen LogP contribution in [0.15, 0.2) is 48.6 Å². The van der Waals surface area contributed by atoms with E-state index in [1.165, 1.54) is 218 Å². The number of aliphatic hydroxyl groups excluding tert-OH is 1. The normalized spacial score (nSPS) is 14.2. The summed E-state index contributed by atoms with van der Waals surface area (Å²) < 4.78 is 23.6. The lowest BCUT2D eigenvalue weighted by molar-refractivity contribution is -0.870. The molecule has 70 heavy (non-hydrogen) atoms. The summed E-state index contributed by atoms with van der Waals surface area (Å²) in [7, 11) is 1.56. The molecule has 0 bridgehead atoms. The Morgan fingerprint density at radius 1 is 0.486 bits per heavy atom. The smallest absolute Gasteiger partial charge is 0.387 e. The van der Waals surface area contributed by atoms with Crippen LogP contribution in [0.3, 0.4) is 0 Å². The van der Waals surface area contributed by atoms with E-state index in [0.29, 0.717) is 17.4 Å². The first-order valence-electron chi connectivity index (χ1n) is 30.0. The molecule has 0 spiro atoms. The topological polar surface area (TPSA) is 105 Å². The molecule has 1 amide bonds. The van der Waals surface area contributed by atoms with Crippen molar-refractivity contribution in [3.63, 3.8) is 0 Å². The third-order valence-corrected chi connectivity index (χ3v) is 14.5. The molecule has 8 nitrogen and oxygen atoms in total. The highest BCUT2D eigenvalue weighted by atomic mass is 31.2. The quantitative estimate of drug-likeness (QED) is 0.0243. The van der Waals surface area contributed by atoms with Gasteiger partial charge in [0.1, 0.15) is 13.2 Å². The summed E-state index contributed by atoms with van der Waals surface area (Å²) in [6.07, 6.45) is 69.7. The van der Waals surface area contributed by atoms with Crippen LogP contribution < -0.4 is 5.32 Å². The number of allylic oxidation sites excluding steroid dienone is 7. The Morgan fingerprint density at radius 3 is 1.23 bits per heavy atom. The van der Waals surface area contributed by atoms with Crippen LogP contribution in [0, 0.1) is 0 Å². The monoisotopic (exact) mass is 1010 g/mol. The standard InChI is InChI=1S/C61H117N2O6P/c1-6-8-10-12-14-16-18-19-20-21-22-23-24-25-26-27-28-29-30-31-32-33-34-35-36-37-38-39-40-41-42-43-45-47-49-51-53-55-61(65)62-59(58-69-70(66,67)68-57-56-63(3,4)5)60(64)54-52-50-48-46-44-17-15-13-11-9-7-2/h18-19,21-22,44,46,52,54,59-60,64H,6-17,20,23-43,45,47-51,53,55-58H2,1-5H3,(H-,62,65,66,67)/p+1/b19-18-,22-21-,46-44+,54-52+. The number of aliphatic hydroxyl groups is 1. The molecule has 412 valence electrons. The second kappa shape index (κ2) is 52.3. The van der Waals surface area contributed by atoms with E-state index in [4.69, 9.17) is 9.05 Å². The maximum atomic E-state index is 12.9. The predicted octanol–water partition coefficient (Wildman–Crippen LogP) is 18.3. The number of unbranched alkanes of at least 4 members (excludes halogenated alkanes) is 36. The summed E-state index contributed by atoms with van der Waals surface area (Å²) >= 11 is 0. The third kappa shape index (κ3) is 54.2. The van der Waals surface area contributed by atoms with Crippen molar-refractivity contribution in [1.82, 2.24) is 5.32 Å². The molecule has 0 aliphatic rings. The molecule has 0 saturated heterocycles. The molecule has 0 aromatic carbocycles. The number of carbonyl (C=O) groups is 1. The highest BCUT2D eigenvalue weighted by Gasteiger charge is 2.27. The summed E-state index contributed by atoms with van der Waals surface area (Å²) in [5.74, 6) is -0.185. The zero-order valence-electron chi connectivity index (χ0n) is 47.0. The molecule has 0 saturated carbocycles. The SMILES string of the molecule is CCCCCCC/C=C\C/C=C\CCCCCCCCCCCCCCCCCCCCCCCCCCCC(=O)NC(COP(=O)(O)OCC[N+](C)(C)C)C(O)/C=C/CC/C=C/CCCCCCC. The zero-order chi connectivity index (χ0) is 51.3. The Balaban J connectivity index is 3.88. The number of hydrogen-bond donors (Lipinski definition) is 3. The van der Waals surface area contributed by atoms with Gasteiger partial charge in [-0.2, -0.15) is 0 Å². The lowest BCUT2D eigenvalue weighted by atomic mass is 10.0. The van der Waals surface area contributed by atoms with E-state index in [1.54, 1.807) is 6.08 Å². The first-order valence-corrected chi connectivity index (χ1v) is 31.5. The average Bonchev–Trinajstić information content (AvgIpc) is 3.32. The van der Waals surface area contributed by atoms with Crippen molar-refractivity contribution < 1.29 is 32.9 Å². The van der Waals surface area contributed by atoms with Crippen molar-refractivity contribution in [2.24, 2.45) is 0 Å². The van der Waals surface area contributed by atoms with Gasteiger partial charge in [0.2, 0.25) is 5.91 Å². The van der Waals surface area contributed by atoms with E-state index >= 15 is 0 Å². The number of rotatable bonds is 55. The molecule has 0 radical (unpaired) electrons. The lowest BCUT2D eigenvalue weighted by Gasteiger charge is -2.25. The van der Waals surface area contributed by atoms with Crippen LogP contribution in [0.2, 0.25) is 0 Å². The molecule has 3 unspecified atom stereocenters. The molecule has 3 N–H and O–H groups in total. The fourth-order valence-electron chi connectivity index (χ4n) is 8.80. The molecular formula is C61H118N2O6P+. The minimum absolute atomic E-state index is 0.0569. The van der Waals surface area contributed by atoms with Crippen molar-refractivity contribution in [1.29, 1.82) is 0 Å². The van der Waals surface area contributed by atoms with E-state index in [1.807, 2.05) is 27.2 Å². The molecule has 0 rings (SSSR count). The molecule has 9 heteroatoms. The number of nitrogens with one attached hydrogen (secondary N) is 1. The van der Waals surface area contributed by atoms with Gasteiger partial charge in [-0.15, -0.1) is 0 Å². The van der Waals surface area contributed by atoms with Crippen LogP contribution in [-0.2, 0) is 18.4 Å². The van der Waals surface area contributed by atoms with Crippen molar-refractivity contribution in [2.45, 2.75) is 296 Å². The van der Waals surface area contributed by atoms with Crippen molar-refractivity contribution >= 4 is 13.7 Å². The number of quaternary nitrogens is 1. The highest BCUT2D eigenvalue weighted by molar-refractivity contribution is 7.47. The van der Waals surface area contributed by atoms with Gasteiger partial charge in [0, 0.05) is 6.42 Å². The van der Waals surface area contributed by atoms with Gasteiger partial charge in [0.25, 0.3) is 0 Å². The van der Waals surface area contributed by atoms with Crippen LogP contribution in [0.25, 0.3) is 0 Å². The fraction of sp³-hybridized carbons (Fsp3) is 0.852. The minimum atomic E-state index is -4.35. The van der Waals surface area contributed by atoms with Crippen LogP contribution in [0.4, 0.5) is 0 Å². The largest absolute Gasteiger partial charge is 0.472 e. The number of carbonyl (C=O) groups excluding carboxylic acids is 1. The second-order valence-electron chi connectivity index (χ2n) is 21.7. The van der Waals surface area contributed by atoms with E-state index in [0.717, 1.165) is 44.9 Å². The molecular weight excluding hydrogens is 888 g/mol. The van der Waals surface area contributed by atoms with Gasteiger partial charge >= 0.3 is 7.82 Å². The van der Waals surface area contributed by atoms with E-state index < -0.39 is 20.0 Å². The van der Waals surface area contributed by atoms with Gasteiger partial charge in [-0.1, -0.05) is 262 Å². The van der Waals surface area contributed by atoms with Gasteiger partial charge in [-0.05, 0) is 64.2 Å². The second-order valence-corrected chi connectivity index (χ2v) is 23.2. The number of phosphoric ester groups is 1. The summed E-state index contributed by atoms with van der Waals surface area (Å²) in [5.41, 5.74) is 0. The number of amides is 1. The van der Waals surface area contributed by atoms with Crippen LogP contribution in [-0.4, -0.2) is 73.4 Å². The van der Waals surface area contributed by atoms with E-state index in [2.05, 4.69) is 55.6 Å². The van der Waals surface area contributed by atoms with E-state index in [-0.39, 0.29) is 19.1 Å². The lowest BCUT2D eigenvalue weighted by Crippen LogP contribution is -2.45. The summed E-state index contributed by atoms with van der Waals surface area (Å²) in [5, 5.41) is 13.8. The Hall–Kier alpha value is -1.54. The van der Waals surface area contributed by atoms with Crippen molar-refractivity contribution in [3.8, 4) is 0 Å². The molecule has 0 aromatic rings. The molecule has 0 aliphatic carbocycles. The predicted molar refractivity (Wildman–Crippen MR) is 304 cm³/mol. The fourth-order valence-corrected chi connectivity index (χ4v) is 9.53. The van der Waals surface area contributed by atoms with Gasteiger partial charge < -0.3 is 19.8 Å². The molecule has 3 atom stereocenters. The Labute approximate surface area is 435 Å². The molecule has 0 aliphatic heterocycles. The minimum Gasteiger partial charge on any atom is -0.387 e. The Morgan fingerprint density at radius 2 is 0.829 bits per heavy atom. The van der Waals surface area contributed by atoms with Gasteiger partial charge in [0.15, 0.2) is 0 Å². The molecule has 0 aromatic heterocycles. The van der Waals surface area contributed by atoms with Crippen LogP contribution in [0.5, 0.6) is 0 Å². The average molecular weight is 1010 g/mol. The number of hydrogen-bond acceptors (Lipinski definition) is 5. The molecule has 0 heterocycles. The van der Waals surface area contributed by atoms with Gasteiger partial charge in [0.05, 0.1) is 39.9 Å². The van der Waals surface area contributed by atoms with Gasteiger partial charge in [-0.25, -0.2) is 4.57 Å². The number of nitrogens with zero attached hydrogens (tertiary/aromatic N) is 1.